The first-order chi connectivity index (χ1) is 14.8. The van der Waals surface area contributed by atoms with Crippen LogP contribution in [0.1, 0.15) is 5.56 Å². The Labute approximate surface area is 177 Å². The van der Waals surface area contributed by atoms with Crippen molar-refractivity contribution in [3.63, 3.8) is 0 Å². The molecular formula is C17H14F5N3O6S. The van der Waals surface area contributed by atoms with Gasteiger partial charge < -0.3 is 9.64 Å². The molecule has 0 aliphatic heterocycles. The molecule has 0 atom stereocenters. The molecule has 0 aliphatic rings. The monoisotopic (exact) mass is 483 g/mol. The Bertz CT molecular complexity index is 1160. The number of hydrogen-bond donors (Lipinski definition) is 1. The third-order valence-corrected chi connectivity index (χ3v) is 5.42. The average molecular weight is 483 g/mol. The molecule has 0 fully saturated rings. The molecule has 0 saturated carbocycles. The van der Waals surface area contributed by atoms with Gasteiger partial charge in [-0.2, -0.15) is 4.72 Å². The van der Waals surface area contributed by atoms with Crippen molar-refractivity contribution in [1.82, 2.24) is 4.72 Å². The maximum atomic E-state index is 13.6. The van der Waals surface area contributed by atoms with Gasteiger partial charge in [-0.05, 0) is 12.1 Å². The average Bonchev–Trinajstić information content (AvgIpc) is 2.74. The number of benzene rings is 2. The highest BCUT2D eigenvalue weighted by atomic mass is 32.2. The molecule has 0 aliphatic carbocycles. The summed E-state index contributed by atoms with van der Waals surface area (Å²) >= 11 is 0. The van der Waals surface area contributed by atoms with Gasteiger partial charge in [-0.25, -0.2) is 30.4 Å². The number of nitrogens with zero attached hydrogens (tertiary/aromatic N) is 2. The molecule has 32 heavy (non-hydrogen) atoms. The first kappa shape index (κ1) is 24.9. The van der Waals surface area contributed by atoms with Crippen molar-refractivity contribution in [2.75, 3.05) is 25.5 Å². The third kappa shape index (κ3) is 5.11. The quantitative estimate of drug-likeness (QED) is 0.153. The second-order valence-electron chi connectivity index (χ2n) is 6.34. The number of sulfonamides is 1. The van der Waals surface area contributed by atoms with E-state index in [0.29, 0.717) is 0 Å². The van der Waals surface area contributed by atoms with Crippen molar-refractivity contribution >= 4 is 27.4 Å². The summed E-state index contributed by atoms with van der Waals surface area (Å²) in [5.74, 6) is -12.7. The molecule has 0 spiro atoms. The number of carbonyl (C=O) groups is 1. The fourth-order valence-corrected chi connectivity index (χ4v) is 3.40. The van der Waals surface area contributed by atoms with E-state index in [-0.39, 0.29) is 5.69 Å². The fourth-order valence-electron chi connectivity index (χ4n) is 2.41. The molecule has 0 aromatic heterocycles. The highest BCUT2D eigenvalue weighted by Crippen LogP contribution is 2.29. The topological polar surface area (TPSA) is 119 Å². The Kier molecular flexibility index (Phi) is 7.35. The van der Waals surface area contributed by atoms with Crippen LogP contribution in [0.2, 0.25) is 0 Å². The summed E-state index contributed by atoms with van der Waals surface area (Å²) in [6.07, 6.45) is 0. The molecule has 174 valence electrons. The van der Waals surface area contributed by atoms with E-state index < -0.39 is 79.3 Å². The number of ether oxygens (including phenoxy) is 1. The first-order valence-electron chi connectivity index (χ1n) is 8.39. The van der Waals surface area contributed by atoms with Gasteiger partial charge in [0.05, 0.1) is 15.4 Å². The number of nitro groups is 1. The number of nitrogens with one attached hydrogen (secondary N) is 1. The SMILES string of the molecule is CN(C)c1ccc(S(=O)(=O)NCC(=O)OCc2c(F)c(F)c(F)c(F)c2F)cc1[N+](=O)[O-]. The van der Waals surface area contributed by atoms with Crippen LogP contribution in [0.15, 0.2) is 23.1 Å². The molecule has 0 unspecified atom stereocenters. The van der Waals surface area contributed by atoms with Gasteiger partial charge in [0.15, 0.2) is 23.3 Å². The predicted molar refractivity (Wildman–Crippen MR) is 98.6 cm³/mol. The maximum absolute atomic E-state index is 13.6. The van der Waals surface area contributed by atoms with Gasteiger partial charge in [-0.15, -0.1) is 0 Å². The van der Waals surface area contributed by atoms with Gasteiger partial charge in [0.2, 0.25) is 15.8 Å². The van der Waals surface area contributed by atoms with Crippen LogP contribution in [0.25, 0.3) is 0 Å². The van der Waals surface area contributed by atoms with Crippen LogP contribution in [-0.4, -0.2) is 40.0 Å². The van der Waals surface area contributed by atoms with Crippen LogP contribution in [0.3, 0.4) is 0 Å². The smallest absolute Gasteiger partial charge is 0.321 e. The zero-order valence-electron chi connectivity index (χ0n) is 16.3. The van der Waals surface area contributed by atoms with Gasteiger partial charge in [-0.1, -0.05) is 0 Å². The molecule has 9 nitrogen and oxygen atoms in total. The van der Waals surface area contributed by atoms with Gasteiger partial charge in [-0.3, -0.25) is 14.9 Å². The Morgan fingerprint density at radius 2 is 1.59 bits per heavy atom. The molecule has 1 N–H and O–H groups in total. The van der Waals surface area contributed by atoms with Crippen molar-refractivity contribution < 1.29 is 44.8 Å². The first-order valence-corrected chi connectivity index (χ1v) is 9.87. The molecule has 0 heterocycles. The fraction of sp³-hybridized carbons (Fsp3) is 0.235. The molecule has 2 aromatic rings. The Morgan fingerprint density at radius 3 is 2.09 bits per heavy atom. The summed E-state index contributed by atoms with van der Waals surface area (Å²) in [6, 6.07) is 2.94. The lowest BCUT2D eigenvalue weighted by molar-refractivity contribution is -0.384. The van der Waals surface area contributed by atoms with Crippen LogP contribution in [-0.2, 0) is 26.2 Å². The van der Waals surface area contributed by atoms with Gasteiger partial charge in [0, 0.05) is 20.2 Å². The van der Waals surface area contributed by atoms with Crippen molar-refractivity contribution in [3.05, 3.63) is 63.0 Å². The van der Waals surface area contributed by atoms with Crippen LogP contribution >= 0.6 is 0 Å². The van der Waals surface area contributed by atoms with Gasteiger partial charge in [0.25, 0.3) is 5.69 Å². The number of hydrogen-bond acceptors (Lipinski definition) is 7. The van der Waals surface area contributed by atoms with E-state index in [2.05, 4.69) is 4.74 Å². The number of rotatable bonds is 8. The van der Waals surface area contributed by atoms with Crippen molar-refractivity contribution in [3.8, 4) is 0 Å². The Balaban J connectivity index is 2.12. The molecule has 2 rings (SSSR count). The summed E-state index contributed by atoms with van der Waals surface area (Å²) in [5.41, 5.74) is -1.85. The zero-order chi connectivity index (χ0) is 24.4. The number of anilines is 1. The van der Waals surface area contributed by atoms with E-state index in [1.54, 1.807) is 4.72 Å². The zero-order valence-corrected chi connectivity index (χ0v) is 17.1. The van der Waals surface area contributed by atoms with Crippen molar-refractivity contribution in [2.45, 2.75) is 11.5 Å². The number of nitro benzene ring substituents is 1. The molecule has 0 radical (unpaired) electrons. The van der Waals surface area contributed by atoms with E-state index in [9.17, 15) is 45.3 Å². The van der Waals surface area contributed by atoms with Crippen molar-refractivity contribution in [2.24, 2.45) is 0 Å². The summed E-state index contributed by atoms with van der Waals surface area (Å²) in [5, 5.41) is 11.2. The summed E-state index contributed by atoms with van der Waals surface area (Å²) in [6.45, 7) is -2.46. The van der Waals surface area contributed by atoms with E-state index in [0.717, 1.165) is 18.2 Å². The molecule has 0 amide bonds. The van der Waals surface area contributed by atoms with E-state index >= 15 is 0 Å². The highest BCUT2D eigenvalue weighted by molar-refractivity contribution is 7.89. The van der Waals surface area contributed by atoms with Crippen LogP contribution < -0.4 is 9.62 Å². The second kappa shape index (κ2) is 9.44. The minimum atomic E-state index is -4.46. The Morgan fingerprint density at radius 1 is 1.06 bits per heavy atom. The van der Waals surface area contributed by atoms with Crippen LogP contribution in [0.4, 0.5) is 33.3 Å². The number of carbonyl (C=O) groups excluding carboxylic acids is 1. The standard InChI is InChI=1S/C17H14F5N3O6S/c1-24(2)10-4-3-8(5-11(10)25(27)28)32(29,30)23-6-12(26)31-7-9-13(18)15(20)17(22)16(21)14(9)19/h3-5,23H,6-7H2,1-2H3. The Hall–Kier alpha value is -3.33. The lowest BCUT2D eigenvalue weighted by Crippen LogP contribution is -2.31. The van der Waals surface area contributed by atoms with Gasteiger partial charge >= 0.3 is 5.97 Å². The highest BCUT2D eigenvalue weighted by Gasteiger charge is 2.27. The predicted octanol–water partition coefficient (Wildman–Crippen LogP) is 2.38. The van der Waals surface area contributed by atoms with E-state index in [1.165, 1.54) is 19.0 Å². The summed E-state index contributed by atoms with van der Waals surface area (Å²) < 4.78 is 97.1. The van der Waals surface area contributed by atoms with Crippen molar-refractivity contribution in [1.29, 1.82) is 0 Å². The maximum Gasteiger partial charge on any atom is 0.321 e. The molecule has 2 aromatic carbocycles. The van der Waals surface area contributed by atoms with E-state index in [4.69, 9.17) is 0 Å². The lowest BCUT2D eigenvalue weighted by Gasteiger charge is -2.14. The third-order valence-electron chi connectivity index (χ3n) is 4.02. The largest absolute Gasteiger partial charge is 0.460 e. The minimum absolute atomic E-state index is 0.108. The van der Waals surface area contributed by atoms with Gasteiger partial charge in [0.1, 0.15) is 18.8 Å². The normalized spacial score (nSPS) is 11.3. The second-order valence-corrected chi connectivity index (χ2v) is 8.10. The van der Waals surface area contributed by atoms with Crippen LogP contribution in [0.5, 0.6) is 0 Å². The number of halogens is 5. The molecule has 15 heteroatoms. The molecule has 0 saturated heterocycles. The van der Waals surface area contributed by atoms with E-state index in [1.807, 2.05) is 0 Å². The minimum Gasteiger partial charge on any atom is -0.460 e. The molecule has 0 bridgehead atoms. The molecular weight excluding hydrogens is 469 g/mol. The summed E-state index contributed by atoms with van der Waals surface area (Å²) in [7, 11) is -1.47. The lowest BCUT2D eigenvalue weighted by atomic mass is 10.2. The summed E-state index contributed by atoms with van der Waals surface area (Å²) in [4.78, 5) is 22.9. The van der Waals surface area contributed by atoms with Crippen LogP contribution in [0, 0.1) is 39.2 Å². The number of esters is 1.